The van der Waals surface area contributed by atoms with Crippen LogP contribution in [0, 0.1) is 13.8 Å². The lowest BCUT2D eigenvalue weighted by Crippen LogP contribution is -2.32. The Balaban J connectivity index is 2.20. The Morgan fingerprint density at radius 2 is 2.19 bits per heavy atom. The van der Waals surface area contributed by atoms with Crippen molar-refractivity contribution < 1.29 is 9.21 Å². The Bertz CT molecular complexity index is 594. The van der Waals surface area contributed by atoms with Crippen LogP contribution in [0.2, 0.25) is 0 Å². The number of aryl methyl sites for hydroxylation is 2. The molecule has 2 aromatic rings. The van der Waals surface area contributed by atoms with Gasteiger partial charge in [0.2, 0.25) is 0 Å². The van der Waals surface area contributed by atoms with Gasteiger partial charge in [0.15, 0.2) is 0 Å². The van der Waals surface area contributed by atoms with Crippen molar-refractivity contribution in [3.63, 3.8) is 0 Å². The van der Waals surface area contributed by atoms with Crippen molar-refractivity contribution in [2.75, 3.05) is 6.54 Å². The van der Waals surface area contributed by atoms with E-state index in [1.54, 1.807) is 17.4 Å². The largest absolute Gasteiger partial charge is 0.467 e. The number of hydrogen-bond donors (Lipinski definition) is 0. The highest BCUT2D eigenvalue weighted by Gasteiger charge is 2.19. The quantitative estimate of drug-likeness (QED) is 0.819. The Kier molecular flexibility index (Phi) is 5.09. The zero-order chi connectivity index (χ0) is 15.2. The minimum Gasteiger partial charge on any atom is -0.467 e. The molecule has 0 saturated carbocycles. The highest BCUT2D eigenvalue weighted by atomic mass is 16.3. The summed E-state index contributed by atoms with van der Waals surface area (Å²) in [6.07, 6.45) is 5.22. The predicted octanol–water partition coefficient (Wildman–Crippen LogP) is 3.13. The first-order valence-electron chi connectivity index (χ1n) is 7.23. The molecule has 2 aromatic heterocycles. The van der Waals surface area contributed by atoms with Crippen molar-refractivity contribution in [1.82, 2.24) is 14.9 Å². The molecule has 0 saturated heterocycles. The van der Waals surface area contributed by atoms with Gasteiger partial charge in [-0.1, -0.05) is 13.3 Å². The molecule has 0 N–H and O–H groups in total. The third kappa shape index (κ3) is 3.90. The number of nitrogens with zero attached hydrogens (tertiary/aromatic N) is 3. The van der Waals surface area contributed by atoms with Crippen LogP contribution in [0.3, 0.4) is 0 Å². The average molecular weight is 287 g/mol. The molecule has 112 valence electrons. The summed E-state index contributed by atoms with van der Waals surface area (Å²) in [6, 6.07) is 3.71. The van der Waals surface area contributed by atoms with E-state index in [-0.39, 0.29) is 5.91 Å². The topological polar surface area (TPSA) is 59.2 Å². The van der Waals surface area contributed by atoms with Crippen molar-refractivity contribution in [2.24, 2.45) is 0 Å². The van der Waals surface area contributed by atoms with Gasteiger partial charge in [-0.2, -0.15) is 0 Å². The highest BCUT2D eigenvalue weighted by molar-refractivity contribution is 5.94. The monoisotopic (exact) mass is 287 g/mol. The maximum absolute atomic E-state index is 12.7. The summed E-state index contributed by atoms with van der Waals surface area (Å²) in [5.74, 6) is 1.41. The van der Waals surface area contributed by atoms with Crippen LogP contribution in [0.5, 0.6) is 0 Å². The van der Waals surface area contributed by atoms with Crippen molar-refractivity contribution >= 4 is 5.91 Å². The van der Waals surface area contributed by atoms with E-state index in [4.69, 9.17) is 4.42 Å². The molecule has 5 heteroatoms. The van der Waals surface area contributed by atoms with Crippen molar-refractivity contribution in [3.8, 4) is 0 Å². The fourth-order valence-electron chi connectivity index (χ4n) is 2.16. The predicted molar refractivity (Wildman–Crippen MR) is 79.9 cm³/mol. The number of hydrogen-bond acceptors (Lipinski definition) is 4. The molecule has 21 heavy (non-hydrogen) atoms. The number of unbranched alkanes of at least 4 members (excludes halogenated alkanes) is 1. The fourth-order valence-corrected chi connectivity index (χ4v) is 2.16. The van der Waals surface area contributed by atoms with Gasteiger partial charge < -0.3 is 9.32 Å². The zero-order valence-electron chi connectivity index (χ0n) is 12.8. The van der Waals surface area contributed by atoms with Gasteiger partial charge in [-0.3, -0.25) is 4.79 Å². The first kappa shape index (κ1) is 15.2. The maximum Gasteiger partial charge on any atom is 0.257 e. The van der Waals surface area contributed by atoms with Crippen molar-refractivity contribution in [1.29, 1.82) is 0 Å². The van der Waals surface area contributed by atoms with E-state index in [1.807, 2.05) is 26.0 Å². The molecule has 2 rings (SSSR count). The summed E-state index contributed by atoms with van der Waals surface area (Å²) in [7, 11) is 0. The van der Waals surface area contributed by atoms with Crippen LogP contribution in [0.15, 0.2) is 29.0 Å². The molecule has 0 aliphatic heterocycles. The Labute approximate surface area is 125 Å². The molecular weight excluding hydrogens is 266 g/mol. The van der Waals surface area contributed by atoms with Gasteiger partial charge in [0.05, 0.1) is 24.1 Å². The van der Waals surface area contributed by atoms with E-state index < -0.39 is 0 Å². The average Bonchev–Trinajstić information content (AvgIpc) is 2.95. The smallest absolute Gasteiger partial charge is 0.257 e. The van der Waals surface area contributed by atoms with Crippen molar-refractivity contribution in [2.45, 2.75) is 40.2 Å². The van der Waals surface area contributed by atoms with Gasteiger partial charge in [0.25, 0.3) is 5.91 Å². The lowest BCUT2D eigenvalue weighted by atomic mass is 10.2. The van der Waals surface area contributed by atoms with Crippen LogP contribution in [0.25, 0.3) is 0 Å². The number of amides is 1. The molecule has 0 radical (unpaired) electrons. The maximum atomic E-state index is 12.7. The van der Waals surface area contributed by atoms with E-state index >= 15 is 0 Å². The van der Waals surface area contributed by atoms with E-state index in [1.165, 1.54) is 0 Å². The molecule has 0 fully saturated rings. The zero-order valence-corrected chi connectivity index (χ0v) is 12.8. The summed E-state index contributed by atoms with van der Waals surface area (Å²) in [6.45, 7) is 6.93. The number of carbonyl (C=O) groups is 1. The number of carbonyl (C=O) groups excluding carboxylic acids is 1. The van der Waals surface area contributed by atoms with E-state index in [9.17, 15) is 4.79 Å². The molecule has 0 aliphatic carbocycles. The Morgan fingerprint density at radius 3 is 2.81 bits per heavy atom. The van der Waals surface area contributed by atoms with Gasteiger partial charge in [-0.05, 0) is 32.4 Å². The lowest BCUT2D eigenvalue weighted by molar-refractivity contribution is 0.0727. The molecular formula is C16H21N3O2. The second kappa shape index (κ2) is 7.02. The Hall–Kier alpha value is -2.17. The SMILES string of the molecule is CCCCN(Cc1ccco1)C(=O)c1cnc(C)nc1C. The van der Waals surface area contributed by atoms with Gasteiger partial charge in [0.1, 0.15) is 11.6 Å². The minimum absolute atomic E-state index is 0.0441. The van der Waals surface area contributed by atoms with Gasteiger partial charge in [-0.15, -0.1) is 0 Å². The summed E-state index contributed by atoms with van der Waals surface area (Å²) in [4.78, 5) is 22.9. The van der Waals surface area contributed by atoms with Crippen LogP contribution in [-0.2, 0) is 6.54 Å². The fraction of sp³-hybridized carbons (Fsp3) is 0.438. The molecule has 5 nitrogen and oxygen atoms in total. The molecule has 0 spiro atoms. The van der Waals surface area contributed by atoms with Gasteiger partial charge in [-0.25, -0.2) is 9.97 Å². The summed E-state index contributed by atoms with van der Waals surface area (Å²) >= 11 is 0. The van der Waals surface area contributed by atoms with Crippen molar-refractivity contribution in [3.05, 3.63) is 47.4 Å². The van der Waals surface area contributed by atoms with E-state index in [0.29, 0.717) is 30.2 Å². The summed E-state index contributed by atoms with van der Waals surface area (Å²) in [5, 5.41) is 0. The van der Waals surface area contributed by atoms with Crippen LogP contribution >= 0.6 is 0 Å². The first-order chi connectivity index (χ1) is 10.1. The second-order valence-corrected chi connectivity index (χ2v) is 5.08. The standard InChI is InChI=1S/C16H21N3O2/c1-4-5-8-19(11-14-7-6-9-21-14)16(20)15-10-17-13(3)18-12(15)2/h6-7,9-10H,4-5,8,11H2,1-3H3. The molecule has 0 unspecified atom stereocenters. The molecule has 0 aliphatic rings. The number of furan rings is 1. The van der Waals surface area contributed by atoms with Crippen LogP contribution in [0.4, 0.5) is 0 Å². The summed E-state index contributed by atoms with van der Waals surface area (Å²) < 4.78 is 5.35. The summed E-state index contributed by atoms with van der Waals surface area (Å²) in [5.41, 5.74) is 1.27. The molecule has 1 amide bonds. The van der Waals surface area contributed by atoms with Crippen LogP contribution < -0.4 is 0 Å². The highest BCUT2D eigenvalue weighted by Crippen LogP contribution is 2.13. The van der Waals surface area contributed by atoms with Gasteiger partial charge >= 0.3 is 0 Å². The lowest BCUT2D eigenvalue weighted by Gasteiger charge is -2.22. The second-order valence-electron chi connectivity index (χ2n) is 5.08. The van der Waals surface area contributed by atoms with Crippen LogP contribution in [0.1, 0.15) is 47.4 Å². The van der Waals surface area contributed by atoms with E-state index in [0.717, 1.165) is 18.6 Å². The van der Waals surface area contributed by atoms with Crippen LogP contribution in [-0.4, -0.2) is 27.3 Å². The molecule has 0 aromatic carbocycles. The minimum atomic E-state index is -0.0441. The Morgan fingerprint density at radius 1 is 1.38 bits per heavy atom. The third-order valence-electron chi connectivity index (χ3n) is 3.33. The molecule has 0 atom stereocenters. The number of aromatic nitrogens is 2. The normalized spacial score (nSPS) is 10.6. The first-order valence-corrected chi connectivity index (χ1v) is 7.23. The molecule has 0 bridgehead atoms. The third-order valence-corrected chi connectivity index (χ3v) is 3.33. The number of rotatable bonds is 6. The molecule has 2 heterocycles. The van der Waals surface area contributed by atoms with E-state index in [2.05, 4.69) is 16.9 Å². The van der Waals surface area contributed by atoms with Gasteiger partial charge in [0, 0.05) is 12.7 Å².